The van der Waals surface area contributed by atoms with Crippen LogP contribution in [-0.2, 0) is 16.6 Å². The number of piperidine rings is 1. The highest BCUT2D eigenvalue weighted by Crippen LogP contribution is 2.30. The molecular formula is C25H29N3O6S. The van der Waals surface area contributed by atoms with Crippen molar-refractivity contribution >= 4 is 21.6 Å². The summed E-state index contributed by atoms with van der Waals surface area (Å²) in [5.74, 6) is 1.27. The fourth-order valence-corrected chi connectivity index (χ4v) is 5.50. The molecule has 0 spiro atoms. The lowest BCUT2D eigenvalue weighted by Crippen LogP contribution is -2.35. The Bertz CT molecular complexity index is 1280. The van der Waals surface area contributed by atoms with Crippen LogP contribution in [0.2, 0.25) is 0 Å². The third-order valence-electron chi connectivity index (χ3n) is 6.05. The predicted octanol–water partition coefficient (Wildman–Crippen LogP) is 4.31. The van der Waals surface area contributed by atoms with Crippen molar-refractivity contribution < 1.29 is 27.2 Å². The van der Waals surface area contributed by atoms with Crippen LogP contribution in [0.3, 0.4) is 0 Å². The number of hydrogen-bond acceptors (Lipinski definition) is 7. The summed E-state index contributed by atoms with van der Waals surface area (Å²) in [5.41, 5.74) is 2.34. The Hall–Kier alpha value is -3.37. The molecule has 0 saturated carbocycles. The Balaban J connectivity index is 1.47. The molecule has 0 radical (unpaired) electrons. The van der Waals surface area contributed by atoms with E-state index in [0.717, 1.165) is 30.5 Å². The standard InChI is InChI=1S/C25H29N3O6S/c1-17-22(18(2)34-27-17)16-33-20-9-7-19(8-10-20)25(29)26-23-15-21(11-12-24(23)32-3)35(30,31)28-13-5-4-6-14-28/h7-12,15H,4-6,13-14,16H2,1-3H3,(H,26,29). The highest BCUT2D eigenvalue weighted by Gasteiger charge is 2.27. The number of hydrogen-bond donors (Lipinski definition) is 1. The molecular weight excluding hydrogens is 470 g/mol. The minimum absolute atomic E-state index is 0.124. The van der Waals surface area contributed by atoms with Gasteiger partial charge in [0.1, 0.15) is 23.9 Å². The Morgan fingerprint density at radius 2 is 1.80 bits per heavy atom. The largest absolute Gasteiger partial charge is 0.495 e. The molecule has 2 heterocycles. The first-order chi connectivity index (χ1) is 16.8. The molecule has 4 rings (SSSR count). The van der Waals surface area contributed by atoms with Crippen molar-refractivity contribution in [3.8, 4) is 11.5 Å². The van der Waals surface area contributed by atoms with E-state index < -0.39 is 15.9 Å². The van der Waals surface area contributed by atoms with E-state index in [9.17, 15) is 13.2 Å². The number of rotatable bonds is 8. The normalized spacial score (nSPS) is 14.5. The molecule has 0 unspecified atom stereocenters. The summed E-state index contributed by atoms with van der Waals surface area (Å²) in [6.45, 7) is 4.99. The van der Waals surface area contributed by atoms with Gasteiger partial charge in [0.25, 0.3) is 5.91 Å². The highest BCUT2D eigenvalue weighted by atomic mass is 32.2. The van der Waals surface area contributed by atoms with Gasteiger partial charge < -0.3 is 19.3 Å². The van der Waals surface area contributed by atoms with Gasteiger partial charge in [0.15, 0.2) is 0 Å². The maximum atomic E-state index is 13.1. The number of carbonyl (C=O) groups is 1. The van der Waals surface area contributed by atoms with Crippen LogP contribution < -0.4 is 14.8 Å². The molecule has 2 aromatic carbocycles. The van der Waals surface area contributed by atoms with Gasteiger partial charge in [-0.1, -0.05) is 11.6 Å². The van der Waals surface area contributed by atoms with Crippen LogP contribution in [0.1, 0.15) is 46.6 Å². The molecule has 0 aliphatic carbocycles. The van der Waals surface area contributed by atoms with E-state index in [-0.39, 0.29) is 10.6 Å². The molecule has 1 aromatic heterocycles. The fraction of sp³-hybridized carbons (Fsp3) is 0.360. The lowest BCUT2D eigenvalue weighted by atomic mass is 10.2. The van der Waals surface area contributed by atoms with E-state index in [1.807, 2.05) is 13.8 Å². The van der Waals surface area contributed by atoms with Crippen LogP contribution in [0.5, 0.6) is 11.5 Å². The third-order valence-corrected chi connectivity index (χ3v) is 7.95. The fourth-order valence-electron chi connectivity index (χ4n) is 3.96. The number of nitrogens with one attached hydrogen (secondary N) is 1. The number of carbonyl (C=O) groups excluding carboxylic acids is 1. The monoisotopic (exact) mass is 499 g/mol. The van der Waals surface area contributed by atoms with Gasteiger partial charge in [0.2, 0.25) is 10.0 Å². The molecule has 1 saturated heterocycles. The van der Waals surface area contributed by atoms with Crippen molar-refractivity contribution in [1.29, 1.82) is 0 Å². The van der Waals surface area contributed by atoms with E-state index in [1.54, 1.807) is 30.3 Å². The molecule has 9 nitrogen and oxygen atoms in total. The van der Waals surface area contributed by atoms with Crippen LogP contribution in [0.15, 0.2) is 51.9 Å². The van der Waals surface area contributed by atoms with E-state index in [4.69, 9.17) is 14.0 Å². The van der Waals surface area contributed by atoms with Crippen molar-refractivity contribution in [1.82, 2.24) is 9.46 Å². The number of ether oxygens (including phenoxy) is 2. The second kappa shape index (κ2) is 10.5. The smallest absolute Gasteiger partial charge is 0.255 e. The lowest BCUT2D eigenvalue weighted by molar-refractivity contribution is 0.102. The van der Waals surface area contributed by atoms with Gasteiger partial charge in [-0.3, -0.25) is 4.79 Å². The summed E-state index contributed by atoms with van der Waals surface area (Å²) in [6.07, 6.45) is 2.72. The number of benzene rings is 2. The van der Waals surface area contributed by atoms with Crippen molar-refractivity contribution in [3.05, 3.63) is 65.0 Å². The zero-order valence-corrected chi connectivity index (χ0v) is 20.9. The average Bonchev–Trinajstić information content (AvgIpc) is 3.20. The summed E-state index contributed by atoms with van der Waals surface area (Å²) < 4.78 is 43.9. The second-order valence-electron chi connectivity index (χ2n) is 8.40. The van der Waals surface area contributed by atoms with Crippen LogP contribution >= 0.6 is 0 Å². The molecule has 35 heavy (non-hydrogen) atoms. The van der Waals surface area contributed by atoms with Crippen LogP contribution in [0, 0.1) is 13.8 Å². The Kier molecular flexibility index (Phi) is 7.42. The van der Waals surface area contributed by atoms with Crippen molar-refractivity contribution in [2.45, 2.75) is 44.6 Å². The third kappa shape index (κ3) is 5.49. The first-order valence-corrected chi connectivity index (χ1v) is 12.9. The maximum absolute atomic E-state index is 13.1. The summed E-state index contributed by atoms with van der Waals surface area (Å²) in [6, 6.07) is 11.2. The Morgan fingerprint density at radius 1 is 1.09 bits per heavy atom. The minimum Gasteiger partial charge on any atom is -0.495 e. The second-order valence-corrected chi connectivity index (χ2v) is 10.3. The number of aryl methyl sites for hydroxylation is 2. The van der Waals surface area contributed by atoms with Gasteiger partial charge in [-0.2, -0.15) is 4.31 Å². The van der Waals surface area contributed by atoms with Crippen LogP contribution in [-0.4, -0.2) is 44.0 Å². The lowest BCUT2D eigenvalue weighted by Gasteiger charge is -2.26. The average molecular weight is 500 g/mol. The molecule has 1 fully saturated rings. The summed E-state index contributed by atoms with van der Waals surface area (Å²) in [5, 5.41) is 6.68. The van der Waals surface area contributed by atoms with E-state index in [2.05, 4.69) is 10.5 Å². The molecule has 1 amide bonds. The van der Waals surface area contributed by atoms with Crippen molar-refractivity contribution in [2.75, 3.05) is 25.5 Å². The van der Waals surface area contributed by atoms with E-state index in [1.165, 1.54) is 23.5 Å². The minimum atomic E-state index is -3.65. The quantitative estimate of drug-likeness (QED) is 0.492. The number of anilines is 1. The molecule has 1 aliphatic heterocycles. The van der Waals surface area contributed by atoms with Crippen molar-refractivity contribution in [3.63, 3.8) is 0 Å². The predicted molar refractivity (Wildman–Crippen MR) is 130 cm³/mol. The SMILES string of the molecule is COc1ccc(S(=O)(=O)N2CCCCC2)cc1NC(=O)c1ccc(OCc2c(C)noc2C)cc1. The Labute approximate surface area is 205 Å². The number of nitrogens with zero attached hydrogens (tertiary/aromatic N) is 2. The van der Waals surface area contributed by atoms with Gasteiger partial charge in [0, 0.05) is 18.7 Å². The zero-order valence-electron chi connectivity index (χ0n) is 20.0. The molecule has 1 aliphatic rings. The van der Waals surface area contributed by atoms with Gasteiger partial charge in [0.05, 0.1) is 29.0 Å². The zero-order chi connectivity index (χ0) is 25.0. The number of sulfonamides is 1. The van der Waals surface area contributed by atoms with Crippen molar-refractivity contribution in [2.24, 2.45) is 0 Å². The summed E-state index contributed by atoms with van der Waals surface area (Å²) in [4.78, 5) is 13.0. The Morgan fingerprint density at radius 3 is 2.43 bits per heavy atom. The maximum Gasteiger partial charge on any atom is 0.255 e. The summed E-state index contributed by atoms with van der Waals surface area (Å²) in [7, 11) is -2.18. The molecule has 0 atom stereocenters. The topological polar surface area (TPSA) is 111 Å². The van der Waals surface area contributed by atoms with Crippen LogP contribution in [0.4, 0.5) is 5.69 Å². The molecule has 10 heteroatoms. The number of methoxy groups -OCH3 is 1. The molecule has 186 valence electrons. The first-order valence-electron chi connectivity index (χ1n) is 11.4. The number of aromatic nitrogens is 1. The van der Waals surface area contributed by atoms with Crippen LogP contribution in [0.25, 0.3) is 0 Å². The molecule has 1 N–H and O–H groups in total. The number of amides is 1. The van der Waals surface area contributed by atoms with E-state index >= 15 is 0 Å². The first kappa shape index (κ1) is 24.7. The van der Waals surface area contributed by atoms with Gasteiger partial charge >= 0.3 is 0 Å². The molecule has 0 bridgehead atoms. The summed E-state index contributed by atoms with van der Waals surface area (Å²) >= 11 is 0. The van der Waals surface area contributed by atoms with Gasteiger partial charge in [-0.15, -0.1) is 0 Å². The highest BCUT2D eigenvalue weighted by molar-refractivity contribution is 7.89. The van der Waals surface area contributed by atoms with Gasteiger partial charge in [-0.05, 0) is 69.2 Å². The molecule has 3 aromatic rings. The van der Waals surface area contributed by atoms with Gasteiger partial charge in [-0.25, -0.2) is 8.42 Å². The van der Waals surface area contributed by atoms with E-state index in [0.29, 0.717) is 42.5 Å².